The number of sulfone groups is 1. The zero-order chi connectivity index (χ0) is 12.7. The van der Waals surface area contributed by atoms with E-state index in [0.717, 1.165) is 25.3 Å². The fourth-order valence-corrected chi connectivity index (χ4v) is 3.41. The van der Waals surface area contributed by atoms with Crippen molar-refractivity contribution < 1.29 is 8.42 Å². The molecule has 1 N–H and O–H groups in total. The van der Waals surface area contributed by atoms with Crippen molar-refractivity contribution in [1.82, 2.24) is 5.32 Å². The van der Waals surface area contributed by atoms with Crippen molar-refractivity contribution in [3.8, 4) is 0 Å². The van der Waals surface area contributed by atoms with Gasteiger partial charge in [-0.2, -0.15) is 0 Å². The molecule has 0 amide bonds. The number of rotatable bonds is 7. The zero-order valence-electron chi connectivity index (χ0n) is 11.2. The third kappa shape index (κ3) is 7.04. The Morgan fingerprint density at radius 1 is 1.29 bits per heavy atom. The van der Waals surface area contributed by atoms with E-state index in [4.69, 9.17) is 0 Å². The maximum absolute atomic E-state index is 11.1. The Morgan fingerprint density at radius 3 is 2.71 bits per heavy atom. The van der Waals surface area contributed by atoms with Crippen LogP contribution in [0.2, 0.25) is 0 Å². The summed E-state index contributed by atoms with van der Waals surface area (Å²) in [6, 6.07) is 0.673. The molecule has 1 aliphatic carbocycles. The highest BCUT2D eigenvalue weighted by molar-refractivity contribution is 7.90. The van der Waals surface area contributed by atoms with E-state index in [2.05, 4.69) is 12.2 Å². The van der Waals surface area contributed by atoms with Crippen molar-refractivity contribution in [1.29, 1.82) is 0 Å². The fraction of sp³-hybridized carbons (Fsp3) is 1.00. The average Bonchev–Trinajstić information content (AvgIpc) is 2.25. The molecule has 2 atom stereocenters. The number of hydrogen-bond donors (Lipinski definition) is 1. The van der Waals surface area contributed by atoms with Gasteiger partial charge in [-0.25, -0.2) is 8.42 Å². The molecular formula is C13H27NO2S. The highest BCUT2D eigenvalue weighted by Gasteiger charge is 2.21. The molecule has 0 saturated heterocycles. The minimum Gasteiger partial charge on any atom is -0.314 e. The summed E-state index contributed by atoms with van der Waals surface area (Å²) in [5, 5.41) is 3.59. The Labute approximate surface area is 106 Å². The Hall–Kier alpha value is -0.0900. The molecular weight excluding hydrogens is 234 g/mol. The van der Waals surface area contributed by atoms with E-state index in [1.54, 1.807) is 0 Å². The van der Waals surface area contributed by atoms with Crippen molar-refractivity contribution >= 4 is 9.84 Å². The second-order valence-corrected chi connectivity index (χ2v) is 7.72. The van der Waals surface area contributed by atoms with Crippen LogP contribution in [0.15, 0.2) is 0 Å². The first-order valence-corrected chi connectivity index (χ1v) is 8.98. The summed E-state index contributed by atoms with van der Waals surface area (Å²) in [5.74, 6) is 1.09. The van der Waals surface area contributed by atoms with Crippen molar-refractivity contribution in [2.24, 2.45) is 5.92 Å². The maximum Gasteiger partial charge on any atom is 0.147 e. The lowest BCUT2D eigenvalue weighted by atomic mass is 9.83. The molecule has 0 aromatic rings. The molecule has 2 unspecified atom stereocenters. The van der Waals surface area contributed by atoms with E-state index in [9.17, 15) is 8.42 Å². The Kier molecular flexibility index (Phi) is 6.49. The highest BCUT2D eigenvalue weighted by atomic mass is 32.2. The molecule has 1 fully saturated rings. The van der Waals surface area contributed by atoms with Gasteiger partial charge >= 0.3 is 0 Å². The van der Waals surface area contributed by atoms with Crippen LogP contribution in [-0.2, 0) is 9.84 Å². The molecule has 0 radical (unpaired) electrons. The normalized spacial score (nSPS) is 26.0. The summed E-state index contributed by atoms with van der Waals surface area (Å²) in [7, 11) is -2.77. The molecule has 1 aliphatic rings. The third-order valence-electron chi connectivity index (χ3n) is 3.59. The lowest BCUT2D eigenvalue weighted by molar-refractivity contribution is 0.272. The van der Waals surface area contributed by atoms with Gasteiger partial charge < -0.3 is 5.32 Å². The van der Waals surface area contributed by atoms with Crippen LogP contribution in [0.25, 0.3) is 0 Å². The summed E-state index contributed by atoms with van der Waals surface area (Å²) in [6.07, 6.45) is 9.56. The number of hydrogen-bond acceptors (Lipinski definition) is 3. The topological polar surface area (TPSA) is 46.2 Å². The smallest absolute Gasteiger partial charge is 0.147 e. The maximum atomic E-state index is 11.1. The molecule has 4 heteroatoms. The van der Waals surface area contributed by atoms with Crippen LogP contribution in [0.5, 0.6) is 0 Å². The summed E-state index contributed by atoms with van der Waals surface area (Å²) in [4.78, 5) is 0. The van der Waals surface area contributed by atoms with Gasteiger partial charge in [0, 0.05) is 18.1 Å². The fourth-order valence-electron chi connectivity index (χ4n) is 2.72. The molecule has 0 aromatic carbocycles. The third-order valence-corrected chi connectivity index (χ3v) is 4.62. The van der Waals surface area contributed by atoms with E-state index in [1.807, 2.05) is 0 Å². The quantitative estimate of drug-likeness (QED) is 0.765. The minimum atomic E-state index is -2.77. The molecule has 3 nitrogen and oxygen atoms in total. The minimum absolute atomic E-state index is 0.358. The van der Waals surface area contributed by atoms with Gasteiger partial charge in [-0.3, -0.25) is 0 Å². The first-order chi connectivity index (χ1) is 8.01. The Balaban J connectivity index is 2.20. The molecule has 0 spiro atoms. The molecule has 0 aliphatic heterocycles. The van der Waals surface area contributed by atoms with Crippen LogP contribution in [0.4, 0.5) is 0 Å². The number of nitrogens with one attached hydrogen (secondary N) is 1. The van der Waals surface area contributed by atoms with Crippen molar-refractivity contribution in [2.45, 2.75) is 57.9 Å². The van der Waals surface area contributed by atoms with Crippen LogP contribution >= 0.6 is 0 Å². The second-order valence-electron chi connectivity index (χ2n) is 5.46. The molecule has 0 heterocycles. The standard InChI is InChI=1S/C13H27NO2S/c1-3-9-14-13-8-4-6-12(11-13)7-5-10-17(2,15)16/h12-14H,3-11H2,1-2H3. The van der Waals surface area contributed by atoms with E-state index in [-0.39, 0.29) is 0 Å². The van der Waals surface area contributed by atoms with Crippen LogP contribution < -0.4 is 5.32 Å². The van der Waals surface area contributed by atoms with Gasteiger partial charge in [0.15, 0.2) is 0 Å². The second kappa shape index (κ2) is 7.37. The van der Waals surface area contributed by atoms with Crippen molar-refractivity contribution in [3.05, 3.63) is 0 Å². The summed E-state index contributed by atoms with van der Waals surface area (Å²) in [5.41, 5.74) is 0. The highest BCUT2D eigenvalue weighted by Crippen LogP contribution is 2.27. The first kappa shape index (κ1) is 15.0. The summed E-state index contributed by atoms with van der Waals surface area (Å²) >= 11 is 0. The van der Waals surface area contributed by atoms with E-state index >= 15 is 0 Å². The first-order valence-electron chi connectivity index (χ1n) is 6.92. The Morgan fingerprint density at radius 2 is 2.06 bits per heavy atom. The predicted octanol–water partition coefficient (Wildman–Crippen LogP) is 2.37. The predicted molar refractivity (Wildman–Crippen MR) is 73.0 cm³/mol. The van der Waals surface area contributed by atoms with Gasteiger partial charge in [0.1, 0.15) is 9.84 Å². The average molecular weight is 261 g/mol. The van der Waals surface area contributed by atoms with Crippen LogP contribution in [-0.4, -0.2) is 33.0 Å². The molecule has 0 aromatic heterocycles. The molecule has 102 valence electrons. The molecule has 0 bridgehead atoms. The van der Waals surface area contributed by atoms with Gasteiger partial charge in [-0.15, -0.1) is 0 Å². The molecule has 1 rings (SSSR count). The summed E-state index contributed by atoms with van der Waals surface area (Å²) in [6.45, 7) is 3.31. The largest absolute Gasteiger partial charge is 0.314 e. The SMILES string of the molecule is CCCNC1CCCC(CCCS(C)(=O)=O)C1. The van der Waals surface area contributed by atoms with Gasteiger partial charge in [0.2, 0.25) is 0 Å². The van der Waals surface area contributed by atoms with E-state index in [0.29, 0.717) is 11.8 Å². The van der Waals surface area contributed by atoms with Crippen LogP contribution in [0.1, 0.15) is 51.9 Å². The summed E-state index contributed by atoms with van der Waals surface area (Å²) < 4.78 is 22.1. The zero-order valence-corrected chi connectivity index (χ0v) is 12.1. The van der Waals surface area contributed by atoms with Crippen LogP contribution in [0.3, 0.4) is 0 Å². The molecule has 1 saturated carbocycles. The monoisotopic (exact) mass is 261 g/mol. The van der Waals surface area contributed by atoms with E-state index in [1.165, 1.54) is 38.4 Å². The van der Waals surface area contributed by atoms with Gasteiger partial charge in [0.05, 0.1) is 0 Å². The van der Waals surface area contributed by atoms with Gasteiger partial charge in [-0.1, -0.05) is 19.8 Å². The van der Waals surface area contributed by atoms with Crippen LogP contribution in [0, 0.1) is 5.92 Å². The van der Waals surface area contributed by atoms with E-state index < -0.39 is 9.84 Å². The van der Waals surface area contributed by atoms with Gasteiger partial charge in [0.25, 0.3) is 0 Å². The Bertz CT molecular complexity index is 301. The van der Waals surface area contributed by atoms with Gasteiger partial charge in [-0.05, 0) is 44.6 Å². The lowest BCUT2D eigenvalue weighted by Crippen LogP contribution is -2.34. The molecule has 17 heavy (non-hydrogen) atoms. The van der Waals surface area contributed by atoms with Crippen molar-refractivity contribution in [3.63, 3.8) is 0 Å². The van der Waals surface area contributed by atoms with Crippen molar-refractivity contribution in [2.75, 3.05) is 18.6 Å². The lowest BCUT2D eigenvalue weighted by Gasteiger charge is -2.29.